The number of likely N-dealkylation sites (tertiary alicyclic amines) is 1. The minimum atomic E-state index is 0.0290. The summed E-state index contributed by atoms with van der Waals surface area (Å²) in [5.74, 6) is 1.31. The molecule has 5 nitrogen and oxygen atoms in total. The van der Waals surface area contributed by atoms with E-state index in [0.717, 1.165) is 49.9 Å². The van der Waals surface area contributed by atoms with E-state index in [4.69, 9.17) is 23.2 Å². The molecule has 1 aromatic heterocycles. The number of benzene rings is 1. The third-order valence-corrected chi connectivity index (χ3v) is 5.78. The van der Waals surface area contributed by atoms with Gasteiger partial charge in [-0.2, -0.15) is 0 Å². The van der Waals surface area contributed by atoms with Gasteiger partial charge in [0.15, 0.2) is 0 Å². The zero-order chi connectivity index (χ0) is 18.8. The summed E-state index contributed by atoms with van der Waals surface area (Å²) in [7, 11) is 0. The Morgan fingerprint density at radius 2 is 1.93 bits per heavy atom. The number of anilines is 1. The van der Waals surface area contributed by atoms with Crippen LogP contribution in [0.25, 0.3) is 0 Å². The van der Waals surface area contributed by atoms with Crippen molar-refractivity contribution < 1.29 is 4.79 Å². The van der Waals surface area contributed by atoms with Crippen molar-refractivity contribution >= 4 is 35.1 Å². The van der Waals surface area contributed by atoms with Crippen LogP contribution in [-0.4, -0.2) is 48.1 Å². The fourth-order valence-electron chi connectivity index (χ4n) is 3.77. The number of aromatic nitrogens is 1. The Bertz CT molecular complexity index is 808. The molecule has 2 fully saturated rings. The predicted octanol–water partition coefficient (Wildman–Crippen LogP) is 3.85. The van der Waals surface area contributed by atoms with E-state index in [9.17, 15) is 4.79 Å². The van der Waals surface area contributed by atoms with Crippen molar-refractivity contribution in [3.8, 4) is 0 Å². The third-order valence-electron chi connectivity index (χ3n) is 5.24. The number of nitrogens with one attached hydrogen (secondary N) is 1. The largest absolute Gasteiger partial charge is 0.353 e. The van der Waals surface area contributed by atoms with Crippen LogP contribution in [0.15, 0.2) is 42.6 Å². The van der Waals surface area contributed by atoms with Gasteiger partial charge in [-0.15, -0.1) is 0 Å². The number of nitrogens with zero attached hydrogens (tertiary/aromatic N) is 3. The average molecular weight is 405 g/mol. The SMILES string of the molecule is O=C(NC1CCN(c2ncccc2Cl)C1)N1CC(Cc2ccc(Cl)cc2)C1. The number of carbonyl (C=O) groups is 1. The van der Waals surface area contributed by atoms with Crippen LogP contribution in [0.4, 0.5) is 10.6 Å². The molecule has 2 amide bonds. The molecule has 1 N–H and O–H groups in total. The summed E-state index contributed by atoms with van der Waals surface area (Å²) >= 11 is 12.1. The molecule has 0 spiro atoms. The van der Waals surface area contributed by atoms with Gasteiger partial charge >= 0.3 is 6.03 Å². The smallest absolute Gasteiger partial charge is 0.317 e. The Balaban J connectivity index is 1.23. The number of rotatable bonds is 4. The molecule has 0 bridgehead atoms. The molecule has 1 unspecified atom stereocenters. The second-order valence-electron chi connectivity index (χ2n) is 7.29. The normalized spacial score (nSPS) is 19.9. The third kappa shape index (κ3) is 4.30. The van der Waals surface area contributed by atoms with Crippen LogP contribution in [0.2, 0.25) is 10.0 Å². The second kappa shape index (κ2) is 7.95. The van der Waals surface area contributed by atoms with E-state index in [2.05, 4.69) is 27.3 Å². The first kappa shape index (κ1) is 18.4. The van der Waals surface area contributed by atoms with Gasteiger partial charge in [-0.05, 0) is 48.6 Å². The van der Waals surface area contributed by atoms with E-state index in [1.165, 1.54) is 5.56 Å². The van der Waals surface area contributed by atoms with Gasteiger partial charge in [-0.25, -0.2) is 9.78 Å². The molecular formula is C20H22Cl2N4O. The van der Waals surface area contributed by atoms with Crippen LogP contribution >= 0.6 is 23.2 Å². The Morgan fingerprint density at radius 3 is 2.67 bits per heavy atom. The number of halogens is 2. The Hall–Kier alpha value is -1.98. The quantitative estimate of drug-likeness (QED) is 0.841. The lowest BCUT2D eigenvalue weighted by molar-refractivity contribution is 0.118. The van der Waals surface area contributed by atoms with Gasteiger partial charge in [-0.1, -0.05) is 35.3 Å². The van der Waals surface area contributed by atoms with Crippen molar-refractivity contribution in [3.63, 3.8) is 0 Å². The van der Waals surface area contributed by atoms with E-state index in [1.54, 1.807) is 6.20 Å². The van der Waals surface area contributed by atoms with Crippen LogP contribution in [-0.2, 0) is 6.42 Å². The predicted molar refractivity (Wildman–Crippen MR) is 109 cm³/mol. The molecule has 3 heterocycles. The lowest BCUT2D eigenvalue weighted by Gasteiger charge is -2.40. The molecule has 0 radical (unpaired) electrons. The number of carbonyl (C=O) groups excluding carboxylic acids is 1. The van der Waals surface area contributed by atoms with Gasteiger partial charge in [0.1, 0.15) is 5.82 Å². The highest BCUT2D eigenvalue weighted by Crippen LogP contribution is 2.26. The topological polar surface area (TPSA) is 48.5 Å². The molecule has 1 aromatic carbocycles. The van der Waals surface area contributed by atoms with Gasteiger partial charge in [0.05, 0.1) is 5.02 Å². The number of amides is 2. The van der Waals surface area contributed by atoms with E-state index in [-0.39, 0.29) is 12.1 Å². The highest BCUT2D eigenvalue weighted by Gasteiger charge is 2.33. The molecule has 0 saturated carbocycles. The Kier molecular flexibility index (Phi) is 5.41. The zero-order valence-corrected chi connectivity index (χ0v) is 16.5. The number of pyridine rings is 1. The molecule has 2 aromatic rings. The minimum absolute atomic E-state index is 0.0290. The second-order valence-corrected chi connectivity index (χ2v) is 8.14. The van der Waals surface area contributed by atoms with Gasteiger partial charge < -0.3 is 15.1 Å². The molecule has 2 saturated heterocycles. The highest BCUT2D eigenvalue weighted by molar-refractivity contribution is 6.32. The fourth-order valence-corrected chi connectivity index (χ4v) is 4.13. The molecule has 2 aliphatic rings. The van der Waals surface area contributed by atoms with E-state index in [1.807, 2.05) is 29.2 Å². The number of hydrogen-bond acceptors (Lipinski definition) is 3. The number of urea groups is 1. The van der Waals surface area contributed by atoms with Crippen molar-refractivity contribution in [2.45, 2.75) is 18.9 Å². The van der Waals surface area contributed by atoms with E-state index < -0.39 is 0 Å². The fraction of sp³-hybridized carbons (Fsp3) is 0.400. The van der Waals surface area contributed by atoms with Crippen molar-refractivity contribution in [3.05, 3.63) is 58.2 Å². The van der Waals surface area contributed by atoms with Crippen LogP contribution in [0.3, 0.4) is 0 Å². The monoisotopic (exact) mass is 404 g/mol. The van der Waals surface area contributed by atoms with Crippen molar-refractivity contribution in [2.24, 2.45) is 5.92 Å². The molecule has 0 aliphatic carbocycles. The van der Waals surface area contributed by atoms with Crippen LogP contribution < -0.4 is 10.2 Å². The molecule has 1 atom stereocenters. The molecule has 27 heavy (non-hydrogen) atoms. The molecule has 2 aliphatic heterocycles. The first-order valence-electron chi connectivity index (χ1n) is 9.24. The van der Waals surface area contributed by atoms with Crippen molar-refractivity contribution in [2.75, 3.05) is 31.1 Å². The first-order chi connectivity index (χ1) is 13.1. The van der Waals surface area contributed by atoms with Crippen LogP contribution in [0, 0.1) is 5.92 Å². The lowest BCUT2D eigenvalue weighted by atomic mass is 9.92. The molecule has 4 rings (SSSR count). The van der Waals surface area contributed by atoms with Gasteiger partial charge in [0.25, 0.3) is 0 Å². The summed E-state index contributed by atoms with van der Waals surface area (Å²) in [5, 5.41) is 4.55. The van der Waals surface area contributed by atoms with Crippen LogP contribution in [0.5, 0.6) is 0 Å². The summed E-state index contributed by atoms with van der Waals surface area (Å²) < 4.78 is 0. The molecular weight excluding hydrogens is 383 g/mol. The maximum Gasteiger partial charge on any atom is 0.317 e. The maximum atomic E-state index is 12.5. The summed E-state index contributed by atoms with van der Waals surface area (Å²) in [5.41, 5.74) is 1.27. The Labute approximate surface area is 169 Å². The molecule has 142 valence electrons. The maximum absolute atomic E-state index is 12.5. The highest BCUT2D eigenvalue weighted by atomic mass is 35.5. The van der Waals surface area contributed by atoms with Crippen molar-refractivity contribution in [1.29, 1.82) is 0 Å². The van der Waals surface area contributed by atoms with E-state index in [0.29, 0.717) is 10.9 Å². The lowest BCUT2D eigenvalue weighted by Crippen LogP contribution is -2.56. The summed E-state index contributed by atoms with van der Waals surface area (Å²) in [4.78, 5) is 20.8. The van der Waals surface area contributed by atoms with Gasteiger partial charge in [-0.3, -0.25) is 0 Å². The van der Waals surface area contributed by atoms with Crippen molar-refractivity contribution in [1.82, 2.24) is 15.2 Å². The van der Waals surface area contributed by atoms with Crippen LogP contribution in [0.1, 0.15) is 12.0 Å². The standard InChI is InChI=1S/C20H22Cl2N4O/c21-16-5-3-14(4-6-16)10-15-11-26(12-15)20(27)24-17-7-9-25(13-17)19-18(22)2-1-8-23-19/h1-6,8,15,17H,7,9-13H2,(H,24,27). The molecule has 7 heteroatoms. The zero-order valence-electron chi connectivity index (χ0n) is 14.9. The average Bonchev–Trinajstić information content (AvgIpc) is 3.07. The Morgan fingerprint density at radius 1 is 1.15 bits per heavy atom. The summed E-state index contributed by atoms with van der Waals surface area (Å²) in [6, 6.07) is 11.8. The summed E-state index contributed by atoms with van der Waals surface area (Å²) in [6.07, 6.45) is 3.63. The van der Waals surface area contributed by atoms with E-state index >= 15 is 0 Å². The summed E-state index contributed by atoms with van der Waals surface area (Å²) in [6.45, 7) is 3.19. The van der Waals surface area contributed by atoms with Gasteiger partial charge in [0, 0.05) is 43.4 Å². The number of hydrogen-bond donors (Lipinski definition) is 1. The minimum Gasteiger partial charge on any atom is -0.353 e. The van der Waals surface area contributed by atoms with Gasteiger partial charge in [0.2, 0.25) is 0 Å². The first-order valence-corrected chi connectivity index (χ1v) is 9.99.